The van der Waals surface area contributed by atoms with E-state index in [2.05, 4.69) is 45.4 Å². The Morgan fingerprint density at radius 1 is 0.939 bits per heavy atom. The first-order valence-corrected chi connectivity index (χ1v) is 24.5. The zero-order chi connectivity index (χ0) is 35.2. The van der Waals surface area contributed by atoms with Gasteiger partial charge in [0.15, 0.2) is 11.5 Å². The van der Waals surface area contributed by atoms with E-state index < -0.39 is 22.2 Å². The Kier molecular flexibility index (Phi) is 11.5. The standard InChI is InChI=1S/C36H49N7O4Si2/c1-48(2,3)20-18-46-25-42(26-47-19-21-49(4,5)6)35-30(22-37)33(28-14-16-41(17-15-28)36(44)45)40-34-31(24-39-43(34)35)29-12-13-32(38-23-29)27-10-8-7-9-11-27/h7-13,23-24,28H,14-21,25-26H2,1-6H3,(H,44,45). The van der Waals surface area contributed by atoms with Crippen LogP contribution in [0.1, 0.15) is 30.0 Å². The molecule has 5 rings (SSSR count). The molecule has 3 aromatic heterocycles. The van der Waals surface area contributed by atoms with Crippen LogP contribution in [0.4, 0.5) is 10.6 Å². The minimum Gasteiger partial charge on any atom is -0.465 e. The predicted octanol–water partition coefficient (Wildman–Crippen LogP) is 7.62. The van der Waals surface area contributed by atoms with E-state index in [1.54, 1.807) is 10.7 Å². The third-order valence-electron chi connectivity index (χ3n) is 8.85. The number of carboxylic acid groups (broad SMARTS) is 1. The van der Waals surface area contributed by atoms with Gasteiger partial charge in [0.1, 0.15) is 25.1 Å². The second-order valence-corrected chi connectivity index (χ2v) is 26.4. The Balaban J connectivity index is 1.58. The lowest BCUT2D eigenvalue weighted by Gasteiger charge is -2.32. The molecule has 1 N–H and O–H groups in total. The van der Waals surface area contributed by atoms with Crippen LogP contribution in [-0.4, -0.2) is 91.6 Å². The molecule has 49 heavy (non-hydrogen) atoms. The van der Waals surface area contributed by atoms with Crippen molar-refractivity contribution in [3.63, 3.8) is 0 Å². The van der Waals surface area contributed by atoms with Gasteiger partial charge in [-0.1, -0.05) is 75.7 Å². The number of fused-ring (bicyclic) bond motifs is 1. The Labute approximate surface area is 291 Å². The third-order valence-corrected chi connectivity index (χ3v) is 12.3. The lowest BCUT2D eigenvalue weighted by Crippen LogP contribution is -2.37. The molecular formula is C36H49N7O4Si2. The highest BCUT2D eigenvalue weighted by molar-refractivity contribution is 6.76. The van der Waals surface area contributed by atoms with Crippen LogP contribution in [0.15, 0.2) is 54.9 Å². The molecule has 0 aliphatic carbocycles. The zero-order valence-electron chi connectivity index (χ0n) is 29.6. The topological polar surface area (TPSA) is 129 Å². The predicted molar refractivity (Wildman–Crippen MR) is 198 cm³/mol. The summed E-state index contributed by atoms with van der Waals surface area (Å²) < 4.78 is 14.3. The van der Waals surface area contributed by atoms with Gasteiger partial charge < -0.3 is 24.4 Å². The molecule has 0 spiro atoms. The van der Waals surface area contributed by atoms with Crippen molar-refractivity contribution in [3.05, 3.63) is 66.1 Å². The van der Waals surface area contributed by atoms with Crippen LogP contribution in [-0.2, 0) is 9.47 Å². The number of rotatable bonds is 14. The van der Waals surface area contributed by atoms with Crippen molar-refractivity contribution in [2.75, 3.05) is 44.7 Å². The zero-order valence-corrected chi connectivity index (χ0v) is 31.6. The molecule has 0 bridgehead atoms. The normalized spacial score (nSPS) is 14.3. The molecule has 0 atom stereocenters. The minimum atomic E-state index is -1.33. The average Bonchev–Trinajstić information content (AvgIpc) is 3.50. The van der Waals surface area contributed by atoms with Crippen molar-refractivity contribution in [1.29, 1.82) is 5.26 Å². The fraction of sp³-hybridized carbons (Fsp3) is 0.472. The van der Waals surface area contributed by atoms with Gasteiger partial charge in [0.05, 0.1) is 17.6 Å². The van der Waals surface area contributed by atoms with Gasteiger partial charge in [-0.05, 0) is 31.0 Å². The number of nitrogens with zero attached hydrogens (tertiary/aromatic N) is 7. The summed E-state index contributed by atoms with van der Waals surface area (Å²) in [5, 5.41) is 25.2. The van der Waals surface area contributed by atoms with Gasteiger partial charge in [-0.15, -0.1) is 0 Å². The molecule has 1 aliphatic heterocycles. The van der Waals surface area contributed by atoms with Gasteiger partial charge >= 0.3 is 6.09 Å². The number of piperidine rings is 1. The lowest BCUT2D eigenvalue weighted by molar-refractivity contribution is 0.0941. The molecule has 1 aliphatic rings. The summed E-state index contributed by atoms with van der Waals surface area (Å²) in [5.41, 5.74) is 5.21. The molecule has 1 fully saturated rings. The molecule has 0 saturated carbocycles. The van der Waals surface area contributed by atoms with Crippen molar-refractivity contribution in [2.24, 2.45) is 0 Å². The number of nitriles is 1. The van der Waals surface area contributed by atoms with Gasteiger partial charge in [-0.3, -0.25) is 4.98 Å². The number of likely N-dealkylation sites (tertiary alicyclic amines) is 1. The lowest BCUT2D eigenvalue weighted by atomic mass is 9.90. The van der Waals surface area contributed by atoms with Gasteiger partial charge in [0, 0.05) is 71.3 Å². The van der Waals surface area contributed by atoms with E-state index in [0.29, 0.717) is 61.9 Å². The minimum absolute atomic E-state index is 0.0993. The van der Waals surface area contributed by atoms with Crippen LogP contribution < -0.4 is 4.90 Å². The number of anilines is 1. The Bertz CT molecular complexity index is 1730. The van der Waals surface area contributed by atoms with E-state index in [9.17, 15) is 15.2 Å². The Morgan fingerprint density at radius 3 is 2.10 bits per heavy atom. The second kappa shape index (κ2) is 15.6. The molecule has 1 aromatic carbocycles. The van der Waals surface area contributed by atoms with Gasteiger partial charge in [0.2, 0.25) is 0 Å². The fourth-order valence-corrected chi connectivity index (χ4v) is 7.35. The molecule has 1 amide bonds. The molecule has 4 aromatic rings. The highest BCUT2D eigenvalue weighted by atomic mass is 28.3. The van der Waals surface area contributed by atoms with E-state index in [1.165, 1.54) is 4.90 Å². The van der Waals surface area contributed by atoms with Crippen LogP contribution in [0, 0.1) is 11.3 Å². The maximum Gasteiger partial charge on any atom is 0.407 e. The number of aromatic nitrogens is 4. The summed E-state index contributed by atoms with van der Waals surface area (Å²) in [7, 11) is -2.66. The van der Waals surface area contributed by atoms with Gasteiger partial charge in [-0.2, -0.15) is 14.9 Å². The molecule has 260 valence electrons. The van der Waals surface area contributed by atoms with Crippen molar-refractivity contribution in [2.45, 2.75) is 70.1 Å². The highest BCUT2D eigenvalue weighted by Crippen LogP contribution is 2.36. The van der Waals surface area contributed by atoms with Crippen LogP contribution in [0.2, 0.25) is 51.4 Å². The molecule has 13 heteroatoms. The number of amides is 1. The summed E-state index contributed by atoms with van der Waals surface area (Å²) in [5.74, 6) is 0.474. The molecule has 4 heterocycles. The van der Waals surface area contributed by atoms with Crippen molar-refractivity contribution in [1.82, 2.24) is 24.5 Å². The van der Waals surface area contributed by atoms with Crippen molar-refractivity contribution in [3.8, 4) is 28.5 Å². The highest BCUT2D eigenvalue weighted by Gasteiger charge is 2.31. The van der Waals surface area contributed by atoms with E-state index in [1.807, 2.05) is 53.6 Å². The van der Waals surface area contributed by atoms with E-state index in [0.717, 1.165) is 34.5 Å². The van der Waals surface area contributed by atoms with Crippen LogP contribution in [0.5, 0.6) is 0 Å². The summed E-state index contributed by atoms with van der Waals surface area (Å²) >= 11 is 0. The number of hydrogen-bond donors (Lipinski definition) is 1. The summed E-state index contributed by atoms with van der Waals surface area (Å²) in [6.07, 6.45) is 3.82. The van der Waals surface area contributed by atoms with E-state index in [-0.39, 0.29) is 19.4 Å². The quantitative estimate of drug-likeness (QED) is 0.0803. The number of ether oxygens (including phenoxy) is 2. The largest absolute Gasteiger partial charge is 0.465 e. The third kappa shape index (κ3) is 9.33. The molecular weight excluding hydrogens is 651 g/mol. The van der Waals surface area contributed by atoms with Gasteiger partial charge in [-0.25, -0.2) is 9.78 Å². The average molecular weight is 700 g/mol. The SMILES string of the molecule is C[Si](C)(C)CCOCN(COCC[Si](C)(C)C)c1c(C#N)c(C2CCN(C(=O)O)CC2)nc2c(-c3ccc(-c4ccccc4)nc3)cnn12. The van der Waals surface area contributed by atoms with Crippen molar-refractivity contribution < 1.29 is 19.4 Å². The first-order valence-electron chi connectivity index (χ1n) is 17.1. The molecule has 0 radical (unpaired) electrons. The second-order valence-electron chi connectivity index (χ2n) is 15.2. The smallest absolute Gasteiger partial charge is 0.407 e. The number of benzene rings is 1. The van der Waals surface area contributed by atoms with Gasteiger partial charge in [0.25, 0.3) is 0 Å². The summed E-state index contributed by atoms with van der Waals surface area (Å²) in [6.45, 7) is 16.4. The van der Waals surface area contributed by atoms with Crippen LogP contribution in [0.3, 0.4) is 0 Å². The van der Waals surface area contributed by atoms with Crippen molar-refractivity contribution >= 4 is 33.7 Å². The number of carbonyl (C=O) groups is 1. The Morgan fingerprint density at radius 2 is 1.57 bits per heavy atom. The number of pyridine rings is 1. The van der Waals surface area contributed by atoms with E-state index in [4.69, 9.17) is 24.5 Å². The van der Waals surface area contributed by atoms with Crippen LogP contribution >= 0.6 is 0 Å². The summed E-state index contributed by atoms with van der Waals surface area (Å²) in [4.78, 5) is 25.0. The molecule has 11 nitrogen and oxygen atoms in total. The first-order chi connectivity index (χ1) is 23.3. The maximum absolute atomic E-state index is 11.7. The fourth-order valence-electron chi connectivity index (χ4n) is 5.84. The Hall–Kier alpha value is -4.10. The number of hydrogen-bond acceptors (Lipinski definition) is 8. The summed E-state index contributed by atoms with van der Waals surface area (Å²) in [6, 6.07) is 18.5. The first kappa shape index (κ1) is 36.2. The van der Waals surface area contributed by atoms with E-state index >= 15 is 0 Å². The maximum atomic E-state index is 11.7. The van der Waals surface area contributed by atoms with Crippen LogP contribution in [0.25, 0.3) is 28.0 Å². The monoisotopic (exact) mass is 699 g/mol. The molecule has 0 unspecified atom stereocenters. The molecule has 1 saturated heterocycles.